The Morgan fingerprint density at radius 3 is 2.75 bits per heavy atom. The van der Waals surface area contributed by atoms with Crippen LogP contribution in [0, 0.1) is 0 Å². The van der Waals surface area contributed by atoms with Crippen molar-refractivity contribution in [3.63, 3.8) is 0 Å². The van der Waals surface area contributed by atoms with Gasteiger partial charge in [0, 0.05) is 0 Å². The molecule has 0 aliphatic rings. The van der Waals surface area contributed by atoms with E-state index in [0.717, 1.165) is 11.3 Å². The van der Waals surface area contributed by atoms with E-state index in [2.05, 4.69) is 10.2 Å². The summed E-state index contributed by atoms with van der Waals surface area (Å²) in [5.41, 5.74) is 0.703. The first kappa shape index (κ1) is 12.3. The van der Waals surface area contributed by atoms with Crippen LogP contribution in [0.15, 0.2) is 51.9 Å². The lowest BCUT2D eigenvalue weighted by molar-refractivity contribution is 0.414. The van der Waals surface area contributed by atoms with Crippen molar-refractivity contribution in [3.8, 4) is 17.3 Å². The molecule has 102 valence electrons. The summed E-state index contributed by atoms with van der Waals surface area (Å²) in [5.74, 6) is 1.81. The zero-order valence-corrected chi connectivity index (χ0v) is 10.9. The summed E-state index contributed by atoms with van der Waals surface area (Å²) in [6, 6.07) is 11.0. The number of aromatic amines is 1. The highest BCUT2D eigenvalue weighted by atomic mass is 16.5. The van der Waals surface area contributed by atoms with E-state index in [1.54, 1.807) is 25.5 Å². The Kier molecular flexibility index (Phi) is 3.12. The van der Waals surface area contributed by atoms with Gasteiger partial charge < -0.3 is 9.15 Å². The predicted molar refractivity (Wildman–Crippen MR) is 72.6 cm³/mol. The van der Waals surface area contributed by atoms with E-state index >= 15 is 0 Å². The van der Waals surface area contributed by atoms with Crippen LogP contribution < -0.4 is 10.4 Å². The topological polar surface area (TPSA) is 73.0 Å². The number of furan rings is 1. The highest BCUT2D eigenvalue weighted by Gasteiger charge is 2.13. The SMILES string of the molecule is COc1ccc(Cn2c(-c3ccco3)n[nH]c2=O)cc1. The Morgan fingerprint density at radius 2 is 2.10 bits per heavy atom. The molecule has 0 atom stereocenters. The van der Waals surface area contributed by atoms with Crippen LogP contribution in [0.2, 0.25) is 0 Å². The zero-order valence-electron chi connectivity index (χ0n) is 10.9. The van der Waals surface area contributed by atoms with Crippen molar-refractivity contribution >= 4 is 0 Å². The smallest absolute Gasteiger partial charge is 0.343 e. The maximum Gasteiger partial charge on any atom is 0.343 e. The standard InChI is InChI=1S/C14H13N3O3/c1-19-11-6-4-10(5-7-11)9-17-13(15-16-14(17)18)12-3-2-8-20-12/h2-8H,9H2,1H3,(H,16,18). The average molecular weight is 271 g/mol. The van der Waals surface area contributed by atoms with Crippen molar-refractivity contribution < 1.29 is 9.15 Å². The molecule has 3 aromatic rings. The summed E-state index contributed by atoms with van der Waals surface area (Å²) in [6.07, 6.45) is 1.55. The Morgan fingerprint density at radius 1 is 1.30 bits per heavy atom. The van der Waals surface area contributed by atoms with Crippen LogP contribution in [-0.2, 0) is 6.54 Å². The van der Waals surface area contributed by atoms with Crippen LogP contribution in [-0.4, -0.2) is 21.9 Å². The molecule has 3 rings (SSSR count). The summed E-state index contributed by atoms with van der Waals surface area (Å²) in [4.78, 5) is 11.8. The molecule has 0 fully saturated rings. The lowest BCUT2D eigenvalue weighted by atomic mass is 10.2. The molecule has 2 heterocycles. The Labute approximate surface area is 114 Å². The Hall–Kier alpha value is -2.76. The van der Waals surface area contributed by atoms with Gasteiger partial charge in [-0.25, -0.2) is 9.89 Å². The van der Waals surface area contributed by atoms with Gasteiger partial charge in [-0.3, -0.25) is 4.57 Å². The number of benzene rings is 1. The molecule has 1 N–H and O–H groups in total. The summed E-state index contributed by atoms with van der Waals surface area (Å²) in [7, 11) is 1.62. The molecular formula is C14H13N3O3. The molecule has 0 aliphatic heterocycles. The molecule has 0 saturated heterocycles. The quantitative estimate of drug-likeness (QED) is 0.786. The fourth-order valence-electron chi connectivity index (χ4n) is 1.97. The van der Waals surface area contributed by atoms with Crippen molar-refractivity contribution in [2.24, 2.45) is 0 Å². The van der Waals surface area contributed by atoms with Gasteiger partial charge in [0.05, 0.1) is 19.9 Å². The number of aromatic nitrogens is 3. The molecule has 0 amide bonds. The molecule has 0 unspecified atom stereocenters. The fourth-order valence-corrected chi connectivity index (χ4v) is 1.97. The van der Waals surface area contributed by atoms with Crippen LogP contribution in [0.5, 0.6) is 5.75 Å². The summed E-state index contributed by atoms with van der Waals surface area (Å²) >= 11 is 0. The van der Waals surface area contributed by atoms with E-state index in [1.165, 1.54) is 4.57 Å². The lowest BCUT2D eigenvalue weighted by Gasteiger charge is -2.05. The first-order chi connectivity index (χ1) is 9.78. The molecule has 20 heavy (non-hydrogen) atoms. The van der Waals surface area contributed by atoms with Crippen LogP contribution >= 0.6 is 0 Å². The third kappa shape index (κ3) is 2.23. The third-order valence-corrected chi connectivity index (χ3v) is 3.00. The van der Waals surface area contributed by atoms with Crippen molar-refractivity contribution in [2.75, 3.05) is 7.11 Å². The van der Waals surface area contributed by atoms with Crippen molar-refractivity contribution in [1.82, 2.24) is 14.8 Å². The van der Waals surface area contributed by atoms with Crippen LogP contribution in [0.1, 0.15) is 5.56 Å². The van der Waals surface area contributed by atoms with E-state index < -0.39 is 0 Å². The number of ether oxygens (including phenoxy) is 1. The molecule has 0 saturated carbocycles. The van der Waals surface area contributed by atoms with E-state index in [4.69, 9.17) is 9.15 Å². The number of nitrogens with zero attached hydrogens (tertiary/aromatic N) is 2. The van der Waals surface area contributed by atoms with Crippen molar-refractivity contribution in [3.05, 3.63) is 58.7 Å². The number of H-pyrrole nitrogens is 1. The summed E-state index contributed by atoms with van der Waals surface area (Å²) in [6.45, 7) is 0.412. The fraction of sp³-hybridized carbons (Fsp3) is 0.143. The minimum Gasteiger partial charge on any atom is -0.497 e. The van der Waals surface area contributed by atoms with Gasteiger partial charge in [-0.2, -0.15) is 0 Å². The highest BCUT2D eigenvalue weighted by Crippen LogP contribution is 2.17. The second kappa shape index (κ2) is 5.08. The largest absolute Gasteiger partial charge is 0.497 e. The van der Waals surface area contributed by atoms with Crippen LogP contribution in [0.25, 0.3) is 11.6 Å². The van der Waals surface area contributed by atoms with E-state index in [-0.39, 0.29) is 5.69 Å². The van der Waals surface area contributed by atoms with Crippen LogP contribution in [0.4, 0.5) is 0 Å². The number of methoxy groups -OCH3 is 1. The molecule has 2 aromatic heterocycles. The van der Waals surface area contributed by atoms with Crippen LogP contribution in [0.3, 0.4) is 0 Å². The maximum atomic E-state index is 11.8. The van der Waals surface area contributed by atoms with Gasteiger partial charge in [0.2, 0.25) is 5.82 Å². The van der Waals surface area contributed by atoms with Gasteiger partial charge in [0.1, 0.15) is 5.75 Å². The molecule has 0 radical (unpaired) electrons. The van der Waals surface area contributed by atoms with Crippen molar-refractivity contribution in [2.45, 2.75) is 6.54 Å². The Bertz CT molecular complexity index is 739. The second-order valence-electron chi connectivity index (χ2n) is 4.26. The molecule has 1 aromatic carbocycles. The van der Waals surface area contributed by atoms with Gasteiger partial charge in [-0.05, 0) is 29.8 Å². The molecule has 6 nitrogen and oxygen atoms in total. The number of nitrogens with one attached hydrogen (secondary N) is 1. The highest BCUT2D eigenvalue weighted by molar-refractivity contribution is 5.46. The lowest BCUT2D eigenvalue weighted by Crippen LogP contribution is -2.18. The average Bonchev–Trinajstić information content (AvgIpc) is 3.11. The van der Waals surface area contributed by atoms with E-state index in [1.807, 2.05) is 24.3 Å². The molecule has 0 bridgehead atoms. The van der Waals surface area contributed by atoms with Crippen molar-refractivity contribution in [1.29, 1.82) is 0 Å². The van der Waals surface area contributed by atoms with E-state index in [9.17, 15) is 4.79 Å². The third-order valence-electron chi connectivity index (χ3n) is 3.00. The Balaban J connectivity index is 1.94. The molecule has 0 aliphatic carbocycles. The molecular weight excluding hydrogens is 258 g/mol. The van der Waals surface area contributed by atoms with E-state index in [0.29, 0.717) is 18.1 Å². The predicted octanol–water partition coefficient (Wildman–Crippen LogP) is 1.89. The first-order valence-electron chi connectivity index (χ1n) is 6.10. The molecule has 6 heteroatoms. The zero-order chi connectivity index (χ0) is 13.9. The number of rotatable bonds is 4. The first-order valence-corrected chi connectivity index (χ1v) is 6.10. The minimum absolute atomic E-state index is 0.271. The number of hydrogen-bond acceptors (Lipinski definition) is 4. The van der Waals surface area contributed by atoms with Gasteiger partial charge >= 0.3 is 5.69 Å². The van der Waals surface area contributed by atoms with Gasteiger partial charge in [-0.15, -0.1) is 5.10 Å². The van der Waals surface area contributed by atoms with Gasteiger partial charge in [0.15, 0.2) is 5.76 Å². The second-order valence-corrected chi connectivity index (χ2v) is 4.26. The van der Waals surface area contributed by atoms with Gasteiger partial charge in [0.25, 0.3) is 0 Å². The normalized spacial score (nSPS) is 10.7. The summed E-state index contributed by atoms with van der Waals surface area (Å²) in [5, 5.41) is 6.44. The maximum absolute atomic E-state index is 11.8. The monoisotopic (exact) mass is 271 g/mol. The summed E-state index contributed by atoms with van der Waals surface area (Å²) < 4.78 is 11.9. The van der Waals surface area contributed by atoms with Gasteiger partial charge in [-0.1, -0.05) is 12.1 Å². The molecule has 0 spiro atoms. The number of hydrogen-bond donors (Lipinski definition) is 1. The minimum atomic E-state index is -0.271.